The van der Waals surface area contributed by atoms with Gasteiger partial charge in [0.15, 0.2) is 0 Å². The van der Waals surface area contributed by atoms with Crippen LogP contribution in [0.15, 0.2) is 36.4 Å². The van der Waals surface area contributed by atoms with Crippen LogP contribution in [0.1, 0.15) is 54.6 Å². The van der Waals surface area contributed by atoms with Gasteiger partial charge in [0.1, 0.15) is 0 Å². The van der Waals surface area contributed by atoms with Gasteiger partial charge in [0.2, 0.25) is 5.91 Å². The fourth-order valence-corrected chi connectivity index (χ4v) is 3.60. The highest BCUT2D eigenvalue weighted by molar-refractivity contribution is 6.38. The van der Waals surface area contributed by atoms with E-state index in [9.17, 15) is 14.7 Å². The molecule has 32 heavy (non-hydrogen) atoms. The van der Waals surface area contributed by atoms with Crippen molar-refractivity contribution in [2.75, 3.05) is 24.7 Å². The van der Waals surface area contributed by atoms with Gasteiger partial charge < -0.3 is 26.2 Å². The quantitative estimate of drug-likeness (QED) is 0.212. The molecule has 0 bridgehead atoms. The summed E-state index contributed by atoms with van der Waals surface area (Å²) in [6.45, 7) is 2.37. The minimum absolute atomic E-state index is 0.0797. The van der Waals surface area contributed by atoms with Gasteiger partial charge in [0.25, 0.3) is 0 Å². The first-order chi connectivity index (χ1) is 15.2. The Labute approximate surface area is 198 Å². The minimum atomic E-state index is -0.760. The second-order valence-electron chi connectivity index (χ2n) is 7.59. The molecule has 0 aliphatic rings. The summed E-state index contributed by atoms with van der Waals surface area (Å²) in [7, 11) is 1.32. The van der Waals surface area contributed by atoms with Crippen LogP contribution in [0.2, 0.25) is 10.0 Å². The number of ether oxygens (including phenoxy) is 1. The van der Waals surface area contributed by atoms with E-state index in [1.807, 2.05) is 6.92 Å². The van der Waals surface area contributed by atoms with E-state index in [4.69, 9.17) is 28.9 Å². The second kappa shape index (κ2) is 12.6. The van der Waals surface area contributed by atoms with Crippen LogP contribution in [0, 0.1) is 0 Å². The van der Waals surface area contributed by atoms with Gasteiger partial charge in [-0.05, 0) is 61.7 Å². The topological polar surface area (TPSA) is 114 Å². The normalized spacial score (nSPS) is 12.8. The molecular weight excluding hydrogens is 453 g/mol. The number of anilines is 2. The first kappa shape index (κ1) is 25.9. The smallest absolute Gasteiger partial charge is 0.337 e. The molecule has 0 spiro atoms. The Bertz CT molecular complexity index is 899. The van der Waals surface area contributed by atoms with Crippen molar-refractivity contribution in [1.82, 2.24) is 5.32 Å². The highest BCUT2D eigenvalue weighted by Gasteiger charge is 2.13. The number of esters is 1. The van der Waals surface area contributed by atoms with E-state index in [1.54, 1.807) is 36.4 Å². The highest BCUT2D eigenvalue weighted by Crippen LogP contribution is 2.31. The average molecular weight is 482 g/mol. The molecule has 0 heterocycles. The highest BCUT2D eigenvalue weighted by atomic mass is 35.5. The summed E-state index contributed by atoms with van der Waals surface area (Å²) in [6, 6.07) is 9.94. The third-order valence-corrected chi connectivity index (χ3v) is 5.65. The van der Waals surface area contributed by atoms with Gasteiger partial charge in [-0.1, -0.05) is 29.6 Å². The van der Waals surface area contributed by atoms with Crippen molar-refractivity contribution < 1.29 is 19.4 Å². The third-order valence-electron chi connectivity index (χ3n) is 5.03. The third kappa shape index (κ3) is 7.98. The van der Waals surface area contributed by atoms with E-state index in [0.29, 0.717) is 45.5 Å². The summed E-state index contributed by atoms with van der Waals surface area (Å²) in [5.74, 6) is -0.497. The zero-order valence-corrected chi connectivity index (χ0v) is 19.7. The molecule has 9 heteroatoms. The van der Waals surface area contributed by atoms with E-state index < -0.39 is 12.1 Å². The molecule has 5 N–H and O–H groups in total. The number of halogens is 2. The maximum Gasteiger partial charge on any atom is 0.337 e. The predicted molar refractivity (Wildman–Crippen MR) is 128 cm³/mol. The largest absolute Gasteiger partial charge is 0.465 e. The van der Waals surface area contributed by atoms with Crippen molar-refractivity contribution in [2.24, 2.45) is 0 Å². The number of carbonyl (C=O) groups excluding carboxylic acids is 2. The van der Waals surface area contributed by atoms with Gasteiger partial charge in [-0.2, -0.15) is 0 Å². The predicted octanol–water partition coefficient (Wildman–Crippen LogP) is 4.57. The van der Waals surface area contributed by atoms with Gasteiger partial charge in [-0.3, -0.25) is 4.79 Å². The monoisotopic (exact) mass is 481 g/mol. The Morgan fingerprint density at radius 3 is 2.34 bits per heavy atom. The summed E-state index contributed by atoms with van der Waals surface area (Å²) >= 11 is 12.0. The van der Waals surface area contributed by atoms with Crippen LogP contribution in [-0.2, 0) is 9.53 Å². The summed E-state index contributed by atoms with van der Waals surface area (Å²) < 4.78 is 4.65. The molecule has 7 nitrogen and oxygen atoms in total. The number of hydrogen-bond acceptors (Lipinski definition) is 6. The zero-order chi connectivity index (χ0) is 23.7. The van der Waals surface area contributed by atoms with Crippen molar-refractivity contribution in [3.63, 3.8) is 0 Å². The number of rotatable bonds is 11. The fraction of sp³-hybridized carbons (Fsp3) is 0.391. The second-order valence-corrected chi connectivity index (χ2v) is 8.40. The Morgan fingerprint density at radius 2 is 1.75 bits per heavy atom. The summed E-state index contributed by atoms with van der Waals surface area (Å²) in [6.07, 6.45) is 2.10. The number of nitrogens with two attached hydrogens (primary N) is 1. The lowest BCUT2D eigenvalue weighted by atomic mass is 10.1. The van der Waals surface area contributed by atoms with Crippen LogP contribution in [-0.4, -0.2) is 36.7 Å². The van der Waals surface area contributed by atoms with Crippen LogP contribution in [0.5, 0.6) is 0 Å². The molecule has 2 rings (SSSR count). The minimum Gasteiger partial charge on any atom is -0.465 e. The van der Waals surface area contributed by atoms with Gasteiger partial charge in [0, 0.05) is 24.7 Å². The van der Waals surface area contributed by atoms with Crippen LogP contribution in [0.25, 0.3) is 0 Å². The summed E-state index contributed by atoms with van der Waals surface area (Å²) in [5.41, 5.74) is 7.69. The molecule has 0 radical (unpaired) electrons. The maximum absolute atomic E-state index is 12.1. The van der Waals surface area contributed by atoms with E-state index >= 15 is 0 Å². The standard InChI is InChI=1S/C23H29Cl2N3O4/c1-14(27-13-20(29)16-11-18(24)22(26)19(25)12-16)5-3-4-6-21(30)28-17-9-7-15(8-10-17)23(31)32-2/h7-12,14,20,27,29H,3-6,13,26H2,1-2H3,(H,28,30). The number of unbranched alkanes of at least 4 members (excludes halogenated alkanes) is 1. The molecule has 0 aliphatic heterocycles. The zero-order valence-electron chi connectivity index (χ0n) is 18.2. The number of nitrogen functional groups attached to an aromatic ring is 1. The fourth-order valence-electron chi connectivity index (χ4n) is 3.10. The Kier molecular flexibility index (Phi) is 10.3. The van der Waals surface area contributed by atoms with Crippen LogP contribution >= 0.6 is 23.2 Å². The lowest BCUT2D eigenvalue weighted by Gasteiger charge is -2.18. The molecule has 0 fully saturated rings. The Morgan fingerprint density at radius 1 is 1.12 bits per heavy atom. The first-order valence-electron chi connectivity index (χ1n) is 10.3. The lowest BCUT2D eigenvalue weighted by Crippen LogP contribution is -2.30. The number of hydrogen-bond donors (Lipinski definition) is 4. The van der Waals surface area contributed by atoms with Gasteiger partial charge >= 0.3 is 5.97 Å². The van der Waals surface area contributed by atoms with Gasteiger partial charge in [-0.25, -0.2) is 4.79 Å². The summed E-state index contributed by atoms with van der Waals surface area (Å²) in [4.78, 5) is 23.5. The molecule has 1 amide bonds. The number of carbonyl (C=O) groups is 2. The first-order valence-corrected chi connectivity index (χ1v) is 11.1. The number of amides is 1. The van der Waals surface area contributed by atoms with E-state index in [-0.39, 0.29) is 11.9 Å². The molecule has 174 valence electrons. The molecule has 0 saturated heterocycles. The van der Waals surface area contributed by atoms with Crippen LogP contribution < -0.4 is 16.4 Å². The SMILES string of the molecule is COC(=O)c1ccc(NC(=O)CCCCC(C)NCC(O)c2cc(Cl)c(N)c(Cl)c2)cc1. The lowest BCUT2D eigenvalue weighted by molar-refractivity contribution is -0.116. The van der Waals surface area contributed by atoms with Gasteiger partial charge in [0.05, 0.1) is 34.5 Å². The van der Waals surface area contributed by atoms with Crippen LogP contribution in [0.4, 0.5) is 11.4 Å². The van der Waals surface area contributed by atoms with Crippen molar-refractivity contribution in [2.45, 2.75) is 44.8 Å². The van der Waals surface area contributed by atoms with Crippen molar-refractivity contribution in [3.8, 4) is 0 Å². The molecule has 0 aromatic heterocycles. The van der Waals surface area contributed by atoms with Crippen molar-refractivity contribution in [3.05, 3.63) is 57.6 Å². The Hall–Kier alpha value is -2.32. The molecule has 0 saturated carbocycles. The van der Waals surface area contributed by atoms with E-state index in [0.717, 1.165) is 19.3 Å². The molecule has 2 unspecified atom stereocenters. The van der Waals surface area contributed by atoms with Crippen molar-refractivity contribution in [1.29, 1.82) is 0 Å². The molecule has 0 aliphatic carbocycles. The maximum atomic E-state index is 12.1. The average Bonchev–Trinajstić information content (AvgIpc) is 2.78. The number of aliphatic hydroxyl groups is 1. The van der Waals surface area contributed by atoms with Gasteiger partial charge in [-0.15, -0.1) is 0 Å². The van der Waals surface area contributed by atoms with Crippen molar-refractivity contribution >= 4 is 46.5 Å². The molecule has 2 atom stereocenters. The molecule has 2 aromatic carbocycles. The number of benzene rings is 2. The van der Waals surface area contributed by atoms with E-state index in [2.05, 4.69) is 15.4 Å². The Balaban J connectivity index is 1.66. The molecular formula is C23H29Cl2N3O4. The molecule has 2 aromatic rings. The number of methoxy groups -OCH3 is 1. The van der Waals surface area contributed by atoms with E-state index in [1.165, 1.54) is 7.11 Å². The number of nitrogens with one attached hydrogen (secondary N) is 2. The van der Waals surface area contributed by atoms with Crippen LogP contribution in [0.3, 0.4) is 0 Å². The number of aliphatic hydroxyl groups excluding tert-OH is 1. The summed E-state index contributed by atoms with van der Waals surface area (Å²) in [5, 5.41) is 17.1.